The highest BCUT2D eigenvalue weighted by Crippen LogP contribution is 2.40. The van der Waals surface area contributed by atoms with E-state index in [0.717, 1.165) is 13.0 Å². The van der Waals surface area contributed by atoms with Gasteiger partial charge in [0.1, 0.15) is 42.1 Å². The molecule has 5 N–H and O–H groups in total. The first-order valence-electron chi connectivity index (χ1n) is 17.6. The number of likely N-dealkylation sites (tertiary alicyclic amines) is 1. The number of aliphatic carboxylic acids is 1. The summed E-state index contributed by atoms with van der Waals surface area (Å²) >= 11 is 20.5. The van der Waals surface area contributed by atoms with Gasteiger partial charge in [0.05, 0.1) is 46.1 Å². The summed E-state index contributed by atoms with van der Waals surface area (Å²) in [4.78, 5) is 18.1. The predicted octanol–water partition coefficient (Wildman–Crippen LogP) is 6.25. The van der Waals surface area contributed by atoms with Gasteiger partial charge in [-0.05, 0) is 44.4 Å². The summed E-state index contributed by atoms with van der Waals surface area (Å²) in [5.74, 6) is -0.104. The molecule has 12 nitrogen and oxygen atoms in total. The lowest BCUT2D eigenvalue weighted by Crippen LogP contribution is -2.52. The molecule has 0 amide bonds. The van der Waals surface area contributed by atoms with Crippen LogP contribution in [0.4, 0.5) is 0 Å². The summed E-state index contributed by atoms with van der Waals surface area (Å²) in [7, 11) is 0. The number of aromatic nitrogens is 1. The molecule has 1 saturated heterocycles. The summed E-state index contributed by atoms with van der Waals surface area (Å²) in [5.41, 5.74) is 0.915. The van der Waals surface area contributed by atoms with Crippen molar-refractivity contribution in [1.29, 1.82) is 5.26 Å². The summed E-state index contributed by atoms with van der Waals surface area (Å²) in [6.07, 6.45) is 4.84. The highest BCUT2D eigenvalue weighted by Gasteiger charge is 2.33. The van der Waals surface area contributed by atoms with E-state index in [2.05, 4.69) is 15.2 Å². The summed E-state index contributed by atoms with van der Waals surface area (Å²) in [6.45, 7) is 3.22. The SMILES string of the molecule is C[C@](CO)(NCc1cc(Cl)c(OCc2cccc(-c3cccc(OCCCN4CCC(O)(CO)CC4)c3Cl)c2Cl)cc1OCc1cncc(C#N)c1)C(=O)O. The number of ether oxygens (including phenoxy) is 3. The number of nitrogens with one attached hydrogen (secondary N) is 1. The van der Waals surface area contributed by atoms with Gasteiger partial charge < -0.3 is 39.5 Å². The fourth-order valence-electron chi connectivity index (χ4n) is 5.94. The van der Waals surface area contributed by atoms with Gasteiger partial charge in [-0.2, -0.15) is 5.26 Å². The third-order valence-corrected chi connectivity index (χ3v) is 10.7. The molecule has 0 radical (unpaired) electrons. The Morgan fingerprint density at radius 2 is 1.65 bits per heavy atom. The van der Waals surface area contributed by atoms with E-state index in [1.165, 1.54) is 13.1 Å². The average molecular weight is 814 g/mol. The van der Waals surface area contributed by atoms with E-state index in [-0.39, 0.29) is 37.1 Å². The van der Waals surface area contributed by atoms with Crippen molar-refractivity contribution in [2.24, 2.45) is 0 Å². The smallest absolute Gasteiger partial charge is 0.326 e. The fraction of sp³-hybridized carbons (Fsp3) is 0.375. The van der Waals surface area contributed by atoms with Gasteiger partial charge in [-0.3, -0.25) is 15.1 Å². The Balaban J connectivity index is 1.29. The number of pyridine rings is 1. The minimum absolute atomic E-state index is 0.0122. The second-order valence-electron chi connectivity index (χ2n) is 13.6. The number of rotatable bonds is 18. The van der Waals surface area contributed by atoms with Crippen molar-refractivity contribution < 1.29 is 39.4 Å². The topological polar surface area (TPSA) is 178 Å². The summed E-state index contributed by atoms with van der Waals surface area (Å²) in [5, 5.41) is 52.2. The molecule has 1 aliphatic heterocycles. The Morgan fingerprint density at radius 3 is 2.35 bits per heavy atom. The zero-order valence-electron chi connectivity index (χ0n) is 30.2. The van der Waals surface area contributed by atoms with E-state index >= 15 is 0 Å². The minimum Gasteiger partial charge on any atom is -0.492 e. The van der Waals surface area contributed by atoms with E-state index in [1.807, 2.05) is 36.4 Å². The van der Waals surface area contributed by atoms with Gasteiger partial charge in [0.15, 0.2) is 0 Å². The molecule has 0 bridgehead atoms. The van der Waals surface area contributed by atoms with Crippen molar-refractivity contribution in [3.8, 4) is 34.4 Å². The lowest BCUT2D eigenvalue weighted by Gasteiger charge is -2.36. The first-order valence-corrected chi connectivity index (χ1v) is 18.8. The minimum atomic E-state index is -1.62. The van der Waals surface area contributed by atoms with Crippen LogP contribution in [0.5, 0.6) is 17.2 Å². The molecule has 15 heteroatoms. The standard InChI is InChI=1S/C40H43Cl3N4O8/c1-39(24-48,38(50)51)46-21-29-16-32(41)35(17-34(29)54-22-27-15-26(18-44)19-45-20-27)55-23-28-5-2-6-30(36(28)42)31-7-3-8-33(37(31)43)53-14-4-11-47-12-9-40(52,25-49)10-13-47/h2-3,5-8,15-17,19-20,46,48-49,52H,4,9-14,21-25H2,1H3,(H,50,51)/t39-/m1/s1. The second-order valence-corrected chi connectivity index (χ2v) is 14.8. The van der Waals surface area contributed by atoms with Crippen LogP contribution in [-0.2, 0) is 24.6 Å². The van der Waals surface area contributed by atoms with Crippen LogP contribution in [0.25, 0.3) is 11.1 Å². The van der Waals surface area contributed by atoms with Crippen molar-refractivity contribution >= 4 is 40.8 Å². The number of nitrogens with zero attached hydrogens (tertiary/aromatic N) is 3. The number of aliphatic hydroxyl groups is 3. The van der Waals surface area contributed by atoms with Crippen LogP contribution in [0.3, 0.4) is 0 Å². The first kappa shape index (κ1) is 42.0. The molecular formula is C40H43Cl3N4O8. The monoisotopic (exact) mass is 812 g/mol. The molecule has 292 valence electrons. The van der Waals surface area contributed by atoms with Gasteiger partial charge in [0.25, 0.3) is 0 Å². The summed E-state index contributed by atoms with van der Waals surface area (Å²) in [6, 6.07) is 17.9. The Morgan fingerprint density at radius 1 is 0.945 bits per heavy atom. The maximum absolute atomic E-state index is 11.8. The van der Waals surface area contributed by atoms with Crippen molar-refractivity contribution in [2.45, 2.75) is 57.1 Å². The van der Waals surface area contributed by atoms with Crippen molar-refractivity contribution in [3.05, 3.63) is 104 Å². The Bertz CT molecular complexity index is 2000. The van der Waals surface area contributed by atoms with Crippen molar-refractivity contribution in [1.82, 2.24) is 15.2 Å². The van der Waals surface area contributed by atoms with Crippen LogP contribution >= 0.6 is 34.8 Å². The van der Waals surface area contributed by atoms with Gasteiger partial charge in [0.2, 0.25) is 0 Å². The molecular weight excluding hydrogens is 771 g/mol. The van der Waals surface area contributed by atoms with Crippen LogP contribution in [0.2, 0.25) is 15.1 Å². The van der Waals surface area contributed by atoms with Gasteiger partial charge >= 0.3 is 5.97 Å². The molecule has 1 fully saturated rings. The van der Waals surface area contributed by atoms with Gasteiger partial charge in [0, 0.05) is 72.5 Å². The van der Waals surface area contributed by atoms with E-state index in [4.69, 9.17) is 49.0 Å². The number of piperidine rings is 1. The number of carboxylic acids is 1. The number of aliphatic hydroxyl groups excluding tert-OH is 2. The lowest BCUT2D eigenvalue weighted by atomic mass is 9.92. The third-order valence-electron chi connectivity index (χ3n) is 9.56. The molecule has 3 aromatic carbocycles. The zero-order valence-corrected chi connectivity index (χ0v) is 32.5. The Hall–Kier alpha value is -4.16. The molecule has 0 saturated carbocycles. The highest BCUT2D eigenvalue weighted by molar-refractivity contribution is 6.37. The highest BCUT2D eigenvalue weighted by atomic mass is 35.5. The molecule has 0 aliphatic carbocycles. The lowest BCUT2D eigenvalue weighted by molar-refractivity contribution is -0.145. The predicted molar refractivity (Wildman–Crippen MR) is 209 cm³/mol. The van der Waals surface area contributed by atoms with Crippen LogP contribution in [-0.4, -0.2) is 86.9 Å². The molecule has 1 atom stereocenters. The number of nitriles is 1. The molecule has 4 aromatic rings. The number of carboxylic acid groups (broad SMARTS) is 1. The van der Waals surface area contributed by atoms with E-state index in [9.17, 15) is 30.5 Å². The molecule has 1 aliphatic rings. The van der Waals surface area contributed by atoms with Crippen LogP contribution in [0.15, 0.2) is 67.0 Å². The number of hydrogen-bond donors (Lipinski definition) is 5. The number of halogens is 3. The third kappa shape index (κ3) is 10.8. The Labute approximate surface area is 334 Å². The average Bonchev–Trinajstić information content (AvgIpc) is 3.19. The quantitative estimate of drug-likeness (QED) is 0.0715. The van der Waals surface area contributed by atoms with Crippen LogP contribution in [0, 0.1) is 11.3 Å². The summed E-state index contributed by atoms with van der Waals surface area (Å²) < 4.78 is 18.4. The molecule has 55 heavy (non-hydrogen) atoms. The van der Waals surface area contributed by atoms with E-state index in [0.29, 0.717) is 87.5 Å². The normalized spacial score (nSPS) is 15.2. The largest absolute Gasteiger partial charge is 0.492 e. The second kappa shape index (κ2) is 19.1. The molecule has 2 heterocycles. The maximum atomic E-state index is 11.8. The van der Waals surface area contributed by atoms with Crippen molar-refractivity contribution in [2.75, 3.05) is 39.5 Å². The number of benzene rings is 3. The Kier molecular flexibility index (Phi) is 14.6. The van der Waals surface area contributed by atoms with E-state index in [1.54, 1.807) is 30.5 Å². The zero-order chi connectivity index (χ0) is 39.6. The molecule has 1 aromatic heterocycles. The maximum Gasteiger partial charge on any atom is 0.326 e. The van der Waals surface area contributed by atoms with E-state index < -0.39 is 23.7 Å². The van der Waals surface area contributed by atoms with Gasteiger partial charge in [-0.25, -0.2) is 0 Å². The molecule has 5 rings (SSSR count). The van der Waals surface area contributed by atoms with Gasteiger partial charge in [-0.1, -0.05) is 65.1 Å². The van der Waals surface area contributed by atoms with Crippen LogP contribution in [0.1, 0.15) is 48.4 Å². The van der Waals surface area contributed by atoms with Crippen molar-refractivity contribution in [3.63, 3.8) is 0 Å². The molecule has 0 spiro atoms. The molecule has 0 unspecified atom stereocenters. The van der Waals surface area contributed by atoms with Gasteiger partial charge in [-0.15, -0.1) is 0 Å². The number of carbonyl (C=O) groups is 1. The first-order chi connectivity index (χ1) is 26.4. The van der Waals surface area contributed by atoms with Crippen LogP contribution < -0.4 is 19.5 Å². The fourth-order valence-corrected chi connectivity index (χ4v) is 6.75. The number of hydrogen-bond acceptors (Lipinski definition) is 11.